The maximum Gasteiger partial charge on any atom is 0.194 e. The summed E-state index contributed by atoms with van der Waals surface area (Å²) in [5.41, 5.74) is 1.34. The van der Waals surface area contributed by atoms with Crippen molar-refractivity contribution in [1.29, 1.82) is 0 Å². The molecule has 1 aliphatic heterocycles. The highest BCUT2D eigenvalue weighted by Crippen LogP contribution is 2.28. The monoisotopic (exact) mass is 291 g/mol. The third kappa shape index (κ3) is 4.11. The van der Waals surface area contributed by atoms with Crippen LogP contribution in [0.1, 0.15) is 24.8 Å². The largest absolute Gasteiger partial charge is 0.497 e. The summed E-state index contributed by atoms with van der Waals surface area (Å²) in [6.45, 7) is 5.40. The lowest BCUT2D eigenvalue weighted by Gasteiger charge is -2.21. The molecule has 1 aromatic rings. The Hall–Kier alpha value is -1.75. The Morgan fingerprint density at radius 3 is 2.81 bits per heavy atom. The molecular formula is C16H25N3O2. The smallest absolute Gasteiger partial charge is 0.194 e. The van der Waals surface area contributed by atoms with Crippen LogP contribution in [0.25, 0.3) is 0 Å². The molecule has 1 fully saturated rings. The molecule has 1 unspecified atom stereocenters. The standard InChI is InChI=1S/C16H25N3O2/c1-3-17-16(18-9-11-20)19-10-8-14(12-19)13-4-6-15(21-2)7-5-13/h4-7,14,20H,3,8-12H2,1-2H3,(H,17,18). The van der Waals surface area contributed by atoms with Crippen molar-refractivity contribution in [3.8, 4) is 5.75 Å². The topological polar surface area (TPSA) is 57.1 Å². The van der Waals surface area contributed by atoms with Gasteiger partial charge in [0.15, 0.2) is 5.96 Å². The lowest BCUT2D eigenvalue weighted by molar-refractivity contribution is 0.305. The fraction of sp³-hybridized carbons (Fsp3) is 0.562. The molecule has 0 aromatic heterocycles. The van der Waals surface area contributed by atoms with Crippen LogP contribution in [0.3, 0.4) is 0 Å². The quantitative estimate of drug-likeness (QED) is 0.637. The van der Waals surface area contributed by atoms with Crippen molar-refractivity contribution in [2.75, 3.05) is 39.9 Å². The van der Waals surface area contributed by atoms with E-state index in [1.54, 1.807) is 7.11 Å². The molecule has 1 aromatic carbocycles. The molecule has 21 heavy (non-hydrogen) atoms. The summed E-state index contributed by atoms with van der Waals surface area (Å²) in [6, 6.07) is 8.32. The van der Waals surface area contributed by atoms with Crippen LogP contribution in [0, 0.1) is 0 Å². The van der Waals surface area contributed by atoms with Crippen LogP contribution in [0.5, 0.6) is 5.75 Å². The Balaban J connectivity index is 2.00. The van der Waals surface area contributed by atoms with Crippen LogP contribution in [0.15, 0.2) is 29.3 Å². The number of guanidine groups is 1. The van der Waals surface area contributed by atoms with E-state index >= 15 is 0 Å². The van der Waals surface area contributed by atoms with Gasteiger partial charge < -0.3 is 20.1 Å². The van der Waals surface area contributed by atoms with Crippen molar-refractivity contribution in [2.24, 2.45) is 4.99 Å². The van der Waals surface area contributed by atoms with Crippen LogP contribution in [0.4, 0.5) is 0 Å². The number of methoxy groups -OCH3 is 1. The third-order valence-corrected chi connectivity index (χ3v) is 3.77. The SMILES string of the molecule is CCNC(=NCCO)N1CCC(c2ccc(OC)cc2)C1. The summed E-state index contributed by atoms with van der Waals surface area (Å²) < 4.78 is 5.20. The zero-order valence-corrected chi connectivity index (χ0v) is 12.9. The van der Waals surface area contributed by atoms with E-state index < -0.39 is 0 Å². The van der Waals surface area contributed by atoms with Crippen LogP contribution in [-0.4, -0.2) is 55.9 Å². The van der Waals surface area contributed by atoms with Gasteiger partial charge in [0.25, 0.3) is 0 Å². The number of aliphatic imine (C=N–C) groups is 1. The summed E-state index contributed by atoms with van der Waals surface area (Å²) in [5, 5.41) is 12.2. The summed E-state index contributed by atoms with van der Waals surface area (Å²) >= 11 is 0. The highest BCUT2D eigenvalue weighted by Gasteiger charge is 2.25. The number of hydrogen-bond acceptors (Lipinski definition) is 3. The van der Waals surface area contributed by atoms with Gasteiger partial charge in [0.2, 0.25) is 0 Å². The second kappa shape index (κ2) is 7.88. The van der Waals surface area contributed by atoms with E-state index in [1.807, 2.05) is 12.1 Å². The second-order valence-electron chi connectivity index (χ2n) is 5.16. The van der Waals surface area contributed by atoms with Crippen molar-refractivity contribution in [1.82, 2.24) is 10.2 Å². The molecule has 2 rings (SSSR count). The number of ether oxygens (including phenoxy) is 1. The van der Waals surface area contributed by atoms with Gasteiger partial charge in [-0.05, 0) is 31.0 Å². The number of aliphatic hydroxyl groups excluding tert-OH is 1. The Kier molecular flexibility index (Phi) is 5.87. The first kappa shape index (κ1) is 15.6. The second-order valence-corrected chi connectivity index (χ2v) is 5.16. The Bertz CT molecular complexity index is 459. The van der Waals surface area contributed by atoms with E-state index in [1.165, 1.54) is 5.56 Å². The lowest BCUT2D eigenvalue weighted by atomic mass is 9.98. The van der Waals surface area contributed by atoms with Crippen LogP contribution in [0.2, 0.25) is 0 Å². The summed E-state index contributed by atoms with van der Waals surface area (Å²) in [7, 11) is 1.69. The number of rotatable bonds is 5. The molecule has 1 aliphatic rings. The molecule has 5 nitrogen and oxygen atoms in total. The van der Waals surface area contributed by atoms with Crippen molar-refractivity contribution in [3.63, 3.8) is 0 Å². The summed E-state index contributed by atoms with van der Waals surface area (Å²) in [5.74, 6) is 2.32. The van der Waals surface area contributed by atoms with E-state index in [9.17, 15) is 0 Å². The maximum absolute atomic E-state index is 8.94. The molecule has 0 saturated carbocycles. The van der Waals surface area contributed by atoms with Crippen molar-refractivity contribution >= 4 is 5.96 Å². The first-order valence-electron chi connectivity index (χ1n) is 7.56. The first-order chi connectivity index (χ1) is 10.3. The normalized spacial score (nSPS) is 18.9. The Morgan fingerprint density at radius 2 is 2.19 bits per heavy atom. The van der Waals surface area contributed by atoms with Crippen molar-refractivity contribution < 1.29 is 9.84 Å². The van der Waals surface area contributed by atoms with E-state index in [2.05, 4.69) is 34.3 Å². The molecule has 5 heteroatoms. The summed E-state index contributed by atoms with van der Waals surface area (Å²) in [4.78, 5) is 6.70. The molecule has 1 heterocycles. The van der Waals surface area contributed by atoms with E-state index in [0.29, 0.717) is 12.5 Å². The predicted octanol–water partition coefficient (Wildman–Crippen LogP) is 1.44. The molecule has 0 radical (unpaired) electrons. The van der Waals surface area contributed by atoms with Gasteiger partial charge >= 0.3 is 0 Å². The molecule has 0 amide bonds. The van der Waals surface area contributed by atoms with Gasteiger partial charge in [0.1, 0.15) is 5.75 Å². The van der Waals surface area contributed by atoms with E-state index in [0.717, 1.165) is 37.8 Å². The van der Waals surface area contributed by atoms with E-state index in [4.69, 9.17) is 9.84 Å². The highest BCUT2D eigenvalue weighted by molar-refractivity contribution is 5.80. The minimum atomic E-state index is 0.0879. The third-order valence-electron chi connectivity index (χ3n) is 3.77. The van der Waals surface area contributed by atoms with Crippen molar-refractivity contribution in [3.05, 3.63) is 29.8 Å². The Morgan fingerprint density at radius 1 is 1.43 bits per heavy atom. The number of hydrogen-bond donors (Lipinski definition) is 2. The van der Waals surface area contributed by atoms with Gasteiger partial charge in [0.05, 0.1) is 20.3 Å². The van der Waals surface area contributed by atoms with Gasteiger partial charge in [-0.2, -0.15) is 0 Å². The summed E-state index contributed by atoms with van der Waals surface area (Å²) in [6.07, 6.45) is 1.12. The maximum atomic E-state index is 8.94. The zero-order chi connectivity index (χ0) is 15.1. The molecule has 2 N–H and O–H groups in total. The van der Waals surface area contributed by atoms with Crippen LogP contribution in [-0.2, 0) is 0 Å². The average molecular weight is 291 g/mol. The molecule has 1 saturated heterocycles. The Labute approximate surface area is 126 Å². The molecule has 0 aliphatic carbocycles. The fourth-order valence-electron chi connectivity index (χ4n) is 2.68. The number of likely N-dealkylation sites (tertiary alicyclic amines) is 1. The number of aliphatic hydroxyl groups is 1. The van der Waals surface area contributed by atoms with Gasteiger partial charge in [-0.3, -0.25) is 4.99 Å². The molecule has 116 valence electrons. The average Bonchev–Trinajstić information content (AvgIpc) is 3.01. The van der Waals surface area contributed by atoms with Crippen LogP contribution >= 0.6 is 0 Å². The molecular weight excluding hydrogens is 266 g/mol. The van der Waals surface area contributed by atoms with Crippen LogP contribution < -0.4 is 10.1 Å². The van der Waals surface area contributed by atoms with Gasteiger partial charge in [0, 0.05) is 25.6 Å². The number of benzene rings is 1. The predicted molar refractivity (Wildman–Crippen MR) is 85.0 cm³/mol. The van der Waals surface area contributed by atoms with Gasteiger partial charge in [-0.25, -0.2) is 0 Å². The highest BCUT2D eigenvalue weighted by atomic mass is 16.5. The first-order valence-corrected chi connectivity index (χ1v) is 7.56. The fourth-order valence-corrected chi connectivity index (χ4v) is 2.68. The van der Waals surface area contributed by atoms with Crippen molar-refractivity contribution in [2.45, 2.75) is 19.3 Å². The number of nitrogens with one attached hydrogen (secondary N) is 1. The van der Waals surface area contributed by atoms with Gasteiger partial charge in [-0.15, -0.1) is 0 Å². The minimum absolute atomic E-state index is 0.0879. The zero-order valence-electron chi connectivity index (χ0n) is 12.9. The van der Waals surface area contributed by atoms with E-state index in [-0.39, 0.29) is 6.61 Å². The minimum Gasteiger partial charge on any atom is -0.497 e. The lowest BCUT2D eigenvalue weighted by Crippen LogP contribution is -2.40. The molecule has 0 bridgehead atoms. The molecule has 1 atom stereocenters. The number of nitrogens with zero attached hydrogens (tertiary/aromatic N) is 2. The molecule has 0 spiro atoms. The van der Waals surface area contributed by atoms with Gasteiger partial charge in [-0.1, -0.05) is 12.1 Å².